The van der Waals surface area contributed by atoms with Crippen molar-refractivity contribution >= 4 is 17.6 Å². The maximum atomic E-state index is 12.1. The lowest BCUT2D eigenvalue weighted by Gasteiger charge is -2.10. The molecule has 1 heterocycles. The summed E-state index contributed by atoms with van der Waals surface area (Å²) in [5.74, 6) is -1.44. The minimum Gasteiger partial charge on any atom is -0.478 e. The molecule has 0 saturated heterocycles. The molecule has 1 aromatic heterocycles. The van der Waals surface area contributed by atoms with E-state index < -0.39 is 11.9 Å². The zero-order valence-corrected chi connectivity index (χ0v) is 13.4. The summed E-state index contributed by atoms with van der Waals surface area (Å²) < 4.78 is 5.04. The molecule has 3 rings (SSSR count). The molecular formula is C20H17NO4. The highest BCUT2D eigenvalue weighted by molar-refractivity contribution is 6.06. The Labute approximate surface area is 144 Å². The topological polar surface area (TPSA) is 79.5 Å². The van der Waals surface area contributed by atoms with Gasteiger partial charge in [-0.15, -0.1) is 0 Å². The number of hydrogen-bond acceptors (Lipinski definition) is 3. The SMILES string of the molecule is O=C(Nc1cc(CCc2ccccc2)ccc1C(=O)O)c1ccco1. The Morgan fingerprint density at radius 1 is 0.920 bits per heavy atom. The minimum absolute atomic E-state index is 0.0448. The molecule has 0 aliphatic rings. The lowest BCUT2D eigenvalue weighted by atomic mass is 10.0. The van der Waals surface area contributed by atoms with Gasteiger partial charge in [-0.25, -0.2) is 4.79 Å². The van der Waals surface area contributed by atoms with Crippen LogP contribution in [0.4, 0.5) is 5.69 Å². The van der Waals surface area contributed by atoms with E-state index in [1.54, 1.807) is 18.2 Å². The van der Waals surface area contributed by atoms with Crippen molar-refractivity contribution in [3.05, 3.63) is 89.4 Å². The van der Waals surface area contributed by atoms with Crippen LogP contribution in [0, 0.1) is 0 Å². The first-order valence-electron chi connectivity index (χ1n) is 7.88. The summed E-state index contributed by atoms with van der Waals surface area (Å²) in [6.07, 6.45) is 2.97. The monoisotopic (exact) mass is 335 g/mol. The third-order valence-electron chi connectivity index (χ3n) is 3.85. The third-order valence-corrected chi connectivity index (χ3v) is 3.85. The van der Waals surface area contributed by atoms with Crippen LogP contribution in [0.5, 0.6) is 0 Å². The maximum Gasteiger partial charge on any atom is 0.337 e. The van der Waals surface area contributed by atoms with Crippen LogP contribution in [0.25, 0.3) is 0 Å². The van der Waals surface area contributed by atoms with E-state index >= 15 is 0 Å². The minimum atomic E-state index is -1.09. The number of aryl methyl sites for hydroxylation is 2. The summed E-state index contributed by atoms with van der Waals surface area (Å²) in [4.78, 5) is 23.5. The van der Waals surface area contributed by atoms with Crippen LogP contribution in [0.15, 0.2) is 71.3 Å². The van der Waals surface area contributed by atoms with Gasteiger partial charge in [0.1, 0.15) is 0 Å². The number of benzene rings is 2. The number of carbonyl (C=O) groups is 2. The summed E-state index contributed by atoms with van der Waals surface area (Å²) in [5, 5.41) is 12.0. The van der Waals surface area contributed by atoms with Crippen LogP contribution in [-0.4, -0.2) is 17.0 Å². The van der Waals surface area contributed by atoms with Gasteiger partial charge in [0.15, 0.2) is 5.76 Å². The van der Waals surface area contributed by atoms with Gasteiger partial charge in [0.05, 0.1) is 17.5 Å². The number of rotatable bonds is 6. The van der Waals surface area contributed by atoms with Gasteiger partial charge < -0.3 is 14.8 Å². The zero-order valence-electron chi connectivity index (χ0n) is 13.4. The van der Waals surface area contributed by atoms with Gasteiger partial charge in [-0.1, -0.05) is 36.4 Å². The smallest absolute Gasteiger partial charge is 0.337 e. The Morgan fingerprint density at radius 2 is 1.68 bits per heavy atom. The van der Waals surface area contributed by atoms with E-state index in [2.05, 4.69) is 5.32 Å². The molecule has 0 spiro atoms. The summed E-state index contributed by atoms with van der Waals surface area (Å²) in [5.41, 5.74) is 2.46. The lowest BCUT2D eigenvalue weighted by Crippen LogP contribution is -2.14. The molecule has 0 unspecified atom stereocenters. The molecule has 0 radical (unpaired) electrons. The molecule has 5 heteroatoms. The molecule has 126 valence electrons. The predicted octanol–water partition coefficient (Wildman–Crippen LogP) is 4.02. The molecule has 3 aromatic rings. The van der Waals surface area contributed by atoms with Crippen molar-refractivity contribution in [3.63, 3.8) is 0 Å². The van der Waals surface area contributed by atoms with Crippen molar-refractivity contribution in [2.24, 2.45) is 0 Å². The first-order valence-corrected chi connectivity index (χ1v) is 7.88. The van der Waals surface area contributed by atoms with Crippen molar-refractivity contribution < 1.29 is 19.1 Å². The maximum absolute atomic E-state index is 12.1. The van der Waals surface area contributed by atoms with Gasteiger partial charge in [-0.05, 0) is 48.2 Å². The second kappa shape index (κ2) is 7.49. The van der Waals surface area contributed by atoms with Crippen LogP contribution in [0.3, 0.4) is 0 Å². The number of aromatic carboxylic acids is 1. The number of hydrogen-bond donors (Lipinski definition) is 2. The number of carbonyl (C=O) groups excluding carboxylic acids is 1. The molecular weight excluding hydrogens is 318 g/mol. The molecule has 2 N–H and O–H groups in total. The number of nitrogens with one attached hydrogen (secondary N) is 1. The standard InChI is InChI=1S/C20H17NO4/c22-19(18-7-4-12-25-18)21-17-13-15(10-11-16(17)20(23)24)9-8-14-5-2-1-3-6-14/h1-7,10-13H,8-9H2,(H,21,22)(H,23,24). The van der Waals surface area contributed by atoms with Crippen LogP contribution >= 0.6 is 0 Å². The number of anilines is 1. The van der Waals surface area contributed by atoms with Gasteiger partial charge in [0, 0.05) is 0 Å². The normalized spacial score (nSPS) is 10.4. The van der Waals surface area contributed by atoms with E-state index in [1.165, 1.54) is 24.0 Å². The fourth-order valence-electron chi connectivity index (χ4n) is 2.56. The van der Waals surface area contributed by atoms with E-state index in [0.717, 1.165) is 18.4 Å². The van der Waals surface area contributed by atoms with Crippen LogP contribution < -0.4 is 5.32 Å². The van der Waals surface area contributed by atoms with E-state index in [4.69, 9.17) is 4.42 Å². The van der Waals surface area contributed by atoms with Crippen molar-refractivity contribution in [1.82, 2.24) is 0 Å². The van der Waals surface area contributed by atoms with Gasteiger partial charge in [0.2, 0.25) is 0 Å². The van der Waals surface area contributed by atoms with Gasteiger partial charge >= 0.3 is 5.97 Å². The van der Waals surface area contributed by atoms with Crippen LogP contribution in [0.1, 0.15) is 32.0 Å². The number of furan rings is 1. The van der Waals surface area contributed by atoms with Crippen molar-refractivity contribution in [2.45, 2.75) is 12.8 Å². The lowest BCUT2D eigenvalue weighted by molar-refractivity contribution is 0.0698. The first-order chi connectivity index (χ1) is 12.1. The highest BCUT2D eigenvalue weighted by Gasteiger charge is 2.15. The van der Waals surface area contributed by atoms with Gasteiger partial charge in [-0.2, -0.15) is 0 Å². The largest absolute Gasteiger partial charge is 0.478 e. The quantitative estimate of drug-likeness (QED) is 0.713. The fraction of sp³-hybridized carbons (Fsp3) is 0.100. The Bertz CT molecular complexity index is 870. The zero-order chi connectivity index (χ0) is 17.6. The molecule has 0 aliphatic carbocycles. The molecule has 0 fully saturated rings. The van der Waals surface area contributed by atoms with E-state index in [1.807, 2.05) is 30.3 Å². The summed E-state index contributed by atoms with van der Waals surface area (Å²) >= 11 is 0. The van der Waals surface area contributed by atoms with Gasteiger partial charge in [-0.3, -0.25) is 4.79 Å². The van der Waals surface area contributed by atoms with Crippen molar-refractivity contribution in [1.29, 1.82) is 0 Å². The Balaban J connectivity index is 1.79. The average Bonchev–Trinajstić information content (AvgIpc) is 3.15. The summed E-state index contributed by atoms with van der Waals surface area (Å²) in [7, 11) is 0. The fourth-order valence-corrected chi connectivity index (χ4v) is 2.56. The Kier molecular flexibility index (Phi) is 4.95. The van der Waals surface area contributed by atoms with E-state index in [-0.39, 0.29) is 17.0 Å². The predicted molar refractivity (Wildman–Crippen MR) is 93.9 cm³/mol. The molecule has 0 aliphatic heterocycles. The molecule has 1 amide bonds. The van der Waals surface area contributed by atoms with Crippen LogP contribution in [0.2, 0.25) is 0 Å². The highest BCUT2D eigenvalue weighted by atomic mass is 16.4. The molecule has 25 heavy (non-hydrogen) atoms. The van der Waals surface area contributed by atoms with E-state index in [0.29, 0.717) is 0 Å². The average molecular weight is 335 g/mol. The molecule has 5 nitrogen and oxygen atoms in total. The van der Waals surface area contributed by atoms with Crippen molar-refractivity contribution in [2.75, 3.05) is 5.32 Å². The summed E-state index contributed by atoms with van der Waals surface area (Å²) in [6.45, 7) is 0. The van der Waals surface area contributed by atoms with Crippen molar-refractivity contribution in [3.8, 4) is 0 Å². The first kappa shape index (κ1) is 16.5. The molecule has 0 saturated carbocycles. The van der Waals surface area contributed by atoms with Gasteiger partial charge in [0.25, 0.3) is 5.91 Å². The summed E-state index contributed by atoms with van der Waals surface area (Å²) in [6, 6.07) is 18.1. The Hall–Kier alpha value is -3.34. The number of carboxylic acids is 1. The number of amides is 1. The van der Waals surface area contributed by atoms with E-state index in [9.17, 15) is 14.7 Å². The Morgan fingerprint density at radius 3 is 2.36 bits per heavy atom. The highest BCUT2D eigenvalue weighted by Crippen LogP contribution is 2.20. The molecule has 0 bridgehead atoms. The molecule has 2 aromatic carbocycles. The third kappa shape index (κ3) is 4.14. The molecule has 0 atom stereocenters. The second-order valence-corrected chi connectivity index (χ2v) is 5.60. The van der Waals surface area contributed by atoms with Crippen LogP contribution in [-0.2, 0) is 12.8 Å². The number of carboxylic acid groups (broad SMARTS) is 1. The second-order valence-electron chi connectivity index (χ2n) is 5.60.